The molecule has 0 radical (unpaired) electrons. The lowest BCUT2D eigenvalue weighted by Crippen LogP contribution is -2.50. The maximum absolute atomic E-state index is 11.2. The SMILES string of the molecule is CC(=O)OC[C@H]1OC=C([N+](=O)[O-])[C@@H](OC(C)=O)[C@H]1OC(C)=O. The molecule has 10 heteroatoms. The normalized spacial score (nSPS) is 23.6. The van der Waals surface area contributed by atoms with E-state index in [0.717, 1.165) is 27.0 Å². The van der Waals surface area contributed by atoms with E-state index in [0.29, 0.717) is 0 Å². The first-order valence-corrected chi connectivity index (χ1v) is 6.20. The summed E-state index contributed by atoms with van der Waals surface area (Å²) in [4.78, 5) is 43.4. The van der Waals surface area contributed by atoms with Crippen LogP contribution in [0.2, 0.25) is 0 Å². The van der Waals surface area contributed by atoms with Crippen LogP contribution < -0.4 is 0 Å². The van der Waals surface area contributed by atoms with Crippen molar-refractivity contribution < 1.29 is 38.3 Å². The zero-order valence-electron chi connectivity index (χ0n) is 12.1. The van der Waals surface area contributed by atoms with Gasteiger partial charge >= 0.3 is 23.6 Å². The van der Waals surface area contributed by atoms with Gasteiger partial charge < -0.3 is 18.9 Å². The summed E-state index contributed by atoms with van der Waals surface area (Å²) < 4.78 is 19.6. The number of esters is 3. The van der Waals surface area contributed by atoms with Gasteiger partial charge in [-0.2, -0.15) is 0 Å². The molecule has 0 unspecified atom stereocenters. The molecule has 0 aromatic heterocycles. The summed E-state index contributed by atoms with van der Waals surface area (Å²) in [6.07, 6.45) is -3.04. The zero-order chi connectivity index (χ0) is 16.9. The molecule has 122 valence electrons. The topological polar surface area (TPSA) is 131 Å². The fourth-order valence-electron chi connectivity index (χ4n) is 1.78. The van der Waals surface area contributed by atoms with E-state index in [1.54, 1.807) is 0 Å². The molecule has 0 aromatic carbocycles. The van der Waals surface area contributed by atoms with Gasteiger partial charge in [0.1, 0.15) is 6.61 Å². The van der Waals surface area contributed by atoms with Crippen LogP contribution in [0.4, 0.5) is 0 Å². The number of hydrogen-bond acceptors (Lipinski definition) is 9. The van der Waals surface area contributed by atoms with Crippen LogP contribution in [0.3, 0.4) is 0 Å². The summed E-state index contributed by atoms with van der Waals surface area (Å²) in [5.74, 6) is -2.18. The fraction of sp³-hybridized carbons (Fsp3) is 0.583. The quantitative estimate of drug-likeness (QED) is 0.296. The Hall–Kier alpha value is -2.65. The van der Waals surface area contributed by atoms with E-state index in [2.05, 4.69) is 0 Å². The van der Waals surface area contributed by atoms with Crippen LogP contribution in [0.5, 0.6) is 0 Å². The number of rotatable bonds is 5. The molecule has 0 bridgehead atoms. The summed E-state index contributed by atoms with van der Waals surface area (Å²) in [7, 11) is 0. The Balaban J connectivity index is 3.08. The molecule has 0 N–H and O–H groups in total. The number of nitro groups is 1. The molecule has 0 aliphatic carbocycles. The average molecular weight is 317 g/mol. The van der Waals surface area contributed by atoms with E-state index >= 15 is 0 Å². The number of carbonyl (C=O) groups is 3. The van der Waals surface area contributed by atoms with Crippen LogP contribution in [0, 0.1) is 10.1 Å². The molecule has 1 aliphatic heterocycles. The van der Waals surface area contributed by atoms with E-state index in [-0.39, 0.29) is 6.61 Å². The zero-order valence-corrected chi connectivity index (χ0v) is 12.1. The van der Waals surface area contributed by atoms with Crippen molar-refractivity contribution in [3.63, 3.8) is 0 Å². The summed E-state index contributed by atoms with van der Waals surface area (Å²) in [6, 6.07) is 0. The van der Waals surface area contributed by atoms with Crippen LogP contribution in [0.25, 0.3) is 0 Å². The van der Waals surface area contributed by atoms with Gasteiger partial charge in [0.15, 0.2) is 18.5 Å². The van der Waals surface area contributed by atoms with Crippen molar-refractivity contribution in [3.05, 3.63) is 22.1 Å². The van der Waals surface area contributed by atoms with E-state index in [4.69, 9.17) is 18.9 Å². The Kier molecular flexibility index (Phi) is 5.84. The fourth-order valence-corrected chi connectivity index (χ4v) is 1.78. The standard InChI is InChI=1S/C12H15NO9/c1-6(14)19-5-10-12(22-8(3)16)11(21-7(2)15)9(4-20-10)13(17)18/h4,10-12H,5H2,1-3H3/t10-,11-,12+/m1/s1. The molecular formula is C12H15NO9. The summed E-state index contributed by atoms with van der Waals surface area (Å²) >= 11 is 0. The highest BCUT2D eigenvalue weighted by molar-refractivity contribution is 5.68. The highest BCUT2D eigenvalue weighted by atomic mass is 16.7. The third kappa shape index (κ3) is 4.72. The minimum atomic E-state index is -1.47. The molecule has 0 saturated carbocycles. The third-order valence-corrected chi connectivity index (χ3v) is 2.58. The Morgan fingerprint density at radius 1 is 1.18 bits per heavy atom. The summed E-state index contributed by atoms with van der Waals surface area (Å²) in [6.45, 7) is 2.97. The van der Waals surface area contributed by atoms with Crippen molar-refractivity contribution in [3.8, 4) is 0 Å². The van der Waals surface area contributed by atoms with Crippen LogP contribution in [0.1, 0.15) is 20.8 Å². The maximum atomic E-state index is 11.2. The number of nitrogens with zero attached hydrogens (tertiary/aromatic N) is 1. The van der Waals surface area contributed by atoms with E-state index in [1.165, 1.54) is 0 Å². The Morgan fingerprint density at radius 3 is 2.23 bits per heavy atom. The van der Waals surface area contributed by atoms with Gasteiger partial charge in [-0.3, -0.25) is 24.5 Å². The van der Waals surface area contributed by atoms with Crippen molar-refractivity contribution >= 4 is 17.9 Å². The van der Waals surface area contributed by atoms with Crippen LogP contribution in [-0.2, 0) is 33.3 Å². The first kappa shape index (κ1) is 17.4. The monoisotopic (exact) mass is 317 g/mol. The molecule has 1 aliphatic rings. The molecule has 0 spiro atoms. The Morgan fingerprint density at radius 2 is 1.77 bits per heavy atom. The Bertz CT molecular complexity index is 513. The van der Waals surface area contributed by atoms with Crippen molar-refractivity contribution in [1.82, 2.24) is 0 Å². The van der Waals surface area contributed by atoms with Crippen molar-refractivity contribution in [2.45, 2.75) is 39.1 Å². The molecule has 1 rings (SSSR count). The van der Waals surface area contributed by atoms with Gasteiger partial charge in [-0.25, -0.2) is 0 Å². The van der Waals surface area contributed by atoms with Gasteiger partial charge in [-0.05, 0) is 0 Å². The highest BCUT2D eigenvalue weighted by Crippen LogP contribution is 2.26. The lowest BCUT2D eigenvalue weighted by molar-refractivity contribution is -0.444. The average Bonchev–Trinajstić information content (AvgIpc) is 2.37. The van der Waals surface area contributed by atoms with E-state index in [9.17, 15) is 24.5 Å². The molecule has 3 atom stereocenters. The molecular weight excluding hydrogens is 302 g/mol. The summed E-state index contributed by atoms with van der Waals surface area (Å²) in [5.41, 5.74) is -0.583. The van der Waals surface area contributed by atoms with Gasteiger partial charge in [0.05, 0.1) is 4.92 Å². The lowest BCUT2D eigenvalue weighted by atomic mass is 10.0. The van der Waals surface area contributed by atoms with Gasteiger partial charge in [0.25, 0.3) is 0 Å². The highest BCUT2D eigenvalue weighted by Gasteiger charge is 2.47. The first-order valence-electron chi connectivity index (χ1n) is 6.20. The number of ether oxygens (including phenoxy) is 4. The predicted molar refractivity (Wildman–Crippen MR) is 67.7 cm³/mol. The number of carbonyl (C=O) groups excluding carboxylic acids is 3. The summed E-state index contributed by atoms with van der Waals surface area (Å²) in [5, 5.41) is 11.0. The van der Waals surface area contributed by atoms with E-state index in [1.807, 2.05) is 0 Å². The molecule has 22 heavy (non-hydrogen) atoms. The van der Waals surface area contributed by atoms with Crippen LogP contribution in [0.15, 0.2) is 12.0 Å². The maximum Gasteiger partial charge on any atom is 0.324 e. The molecule has 0 fully saturated rings. The second kappa shape index (κ2) is 7.38. The number of hydrogen-bond donors (Lipinski definition) is 0. The second-order valence-electron chi connectivity index (χ2n) is 4.38. The van der Waals surface area contributed by atoms with Gasteiger partial charge in [0, 0.05) is 20.8 Å². The smallest absolute Gasteiger partial charge is 0.324 e. The molecule has 1 heterocycles. The second-order valence-corrected chi connectivity index (χ2v) is 4.38. The lowest BCUT2D eigenvalue weighted by Gasteiger charge is -2.32. The molecule has 0 aromatic rings. The van der Waals surface area contributed by atoms with Crippen LogP contribution in [-0.4, -0.2) is 47.8 Å². The minimum Gasteiger partial charge on any atom is -0.483 e. The van der Waals surface area contributed by atoms with Gasteiger partial charge in [-0.15, -0.1) is 0 Å². The largest absolute Gasteiger partial charge is 0.483 e. The van der Waals surface area contributed by atoms with Gasteiger partial charge in [-0.1, -0.05) is 0 Å². The molecule has 0 amide bonds. The first-order chi connectivity index (χ1) is 10.2. The van der Waals surface area contributed by atoms with Gasteiger partial charge in [0.2, 0.25) is 6.10 Å². The predicted octanol–water partition coefficient (Wildman–Crippen LogP) is -0.0702. The van der Waals surface area contributed by atoms with Crippen molar-refractivity contribution in [1.29, 1.82) is 0 Å². The van der Waals surface area contributed by atoms with Crippen molar-refractivity contribution in [2.75, 3.05) is 6.61 Å². The molecule has 10 nitrogen and oxygen atoms in total. The van der Waals surface area contributed by atoms with Crippen LogP contribution >= 0.6 is 0 Å². The molecule has 0 saturated heterocycles. The third-order valence-electron chi connectivity index (χ3n) is 2.58. The van der Waals surface area contributed by atoms with Crippen molar-refractivity contribution in [2.24, 2.45) is 0 Å². The minimum absolute atomic E-state index is 0.327. The Labute approximate surface area is 125 Å². The van der Waals surface area contributed by atoms with E-state index < -0.39 is 46.8 Å².